The van der Waals surface area contributed by atoms with Gasteiger partial charge in [0.15, 0.2) is 0 Å². The number of aromatic nitrogens is 2. The zero-order chi connectivity index (χ0) is 12.3. The largest absolute Gasteiger partial charge is 0.323 e. The molecule has 2 aromatic rings. The molecule has 0 bridgehead atoms. The standard InChI is InChI=1S/C13H15N3O/c1-9(14)11-8-13(17)16-12(15-11)7-10-5-3-2-4-6-10/h2-6,8-9H,7,14H2,1H3,(H,15,16,17). The van der Waals surface area contributed by atoms with Crippen LogP contribution in [0.15, 0.2) is 41.2 Å². The van der Waals surface area contributed by atoms with Crippen LogP contribution in [0.25, 0.3) is 0 Å². The Hall–Kier alpha value is -1.94. The quantitative estimate of drug-likeness (QED) is 0.835. The van der Waals surface area contributed by atoms with Crippen LogP contribution in [-0.2, 0) is 6.42 Å². The average molecular weight is 229 g/mol. The second kappa shape index (κ2) is 4.93. The SMILES string of the molecule is CC(N)c1cc(=O)[nH]c(Cc2ccccc2)n1. The van der Waals surface area contributed by atoms with Crippen molar-refractivity contribution in [3.63, 3.8) is 0 Å². The van der Waals surface area contributed by atoms with Gasteiger partial charge in [0, 0.05) is 18.5 Å². The topological polar surface area (TPSA) is 71.8 Å². The molecule has 1 unspecified atom stereocenters. The summed E-state index contributed by atoms with van der Waals surface area (Å²) in [5, 5.41) is 0. The van der Waals surface area contributed by atoms with Crippen LogP contribution in [0, 0.1) is 0 Å². The highest BCUT2D eigenvalue weighted by atomic mass is 16.1. The van der Waals surface area contributed by atoms with Crippen molar-refractivity contribution in [3.8, 4) is 0 Å². The first kappa shape index (κ1) is 11.5. The monoisotopic (exact) mass is 229 g/mol. The van der Waals surface area contributed by atoms with Crippen molar-refractivity contribution < 1.29 is 0 Å². The maximum absolute atomic E-state index is 11.5. The number of aromatic amines is 1. The molecule has 0 spiro atoms. The van der Waals surface area contributed by atoms with E-state index in [4.69, 9.17) is 5.73 Å². The molecule has 0 radical (unpaired) electrons. The highest BCUT2D eigenvalue weighted by Crippen LogP contribution is 2.07. The van der Waals surface area contributed by atoms with Gasteiger partial charge in [0.2, 0.25) is 0 Å². The van der Waals surface area contributed by atoms with Gasteiger partial charge in [-0.15, -0.1) is 0 Å². The average Bonchev–Trinajstić information content (AvgIpc) is 2.29. The lowest BCUT2D eigenvalue weighted by atomic mass is 10.1. The molecule has 17 heavy (non-hydrogen) atoms. The number of nitrogens with two attached hydrogens (primary N) is 1. The maximum atomic E-state index is 11.5. The lowest BCUT2D eigenvalue weighted by Crippen LogP contribution is -2.17. The highest BCUT2D eigenvalue weighted by molar-refractivity contribution is 5.19. The van der Waals surface area contributed by atoms with Crippen LogP contribution in [-0.4, -0.2) is 9.97 Å². The van der Waals surface area contributed by atoms with E-state index in [0.717, 1.165) is 5.56 Å². The van der Waals surface area contributed by atoms with Gasteiger partial charge in [0.1, 0.15) is 5.82 Å². The van der Waals surface area contributed by atoms with Crippen molar-refractivity contribution in [1.29, 1.82) is 0 Å². The number of hydrogen-bond donors (Lipinski definition) is 2. The summed E-state index contributed by atoms with van der Waals surface area (Å²) in [6, 6.07) is 11.1. The minimum Gasteiger partial charge on any atom is -0.323 e. The van der Waals surface area contributed by atoms with Gasteiger partial charge in [-0.05, 0) is 12.5 Å². The summed E-state index contributed by atoms with van der Waals surface area (Å²) in [6.07, 6.45) is 0.608. The Morgan fingerprint density at radius 2 is 2.06 bits per heavy atom. The highest BCUT2D eigenvalue weighted by Gasteiger charge is 2.05. The van der Waals surface area contributed by atoms with Gasteiger partial charge in [-0.25, -0.2) is 4.98 Å². The Morgan fingerprint density at radius 3 is 2.71 bits per heavy atom. The predicted octanol–water partition coefficient (Wildman–Crippen LogP) is 1.38. The first-order chi connectivity index (χ1) is 8.15. The fourth-order valence-electron chi connectivity index (χ4n) is 1.63. The second-order valence-electron chi connectivity index (χ2n) is 4.07. The number of rotatable bonds is 3. The van der Waals surface area contributed by atoms with E-state index in [1.54, 1.807) is 0 Å². The van der Waals surface area contributed by atoms with E-state index < -0.39 is 0 Å². The third-order valence-corrected chi connectivity index (χ3v) is 2.49. The molecule has 1 aromatic carbocycles. The molecule has 0 amide bonds. The lowest BCUT2D eigenvalue weighted by Gasteiger charge is -2.06. The molecule has 4 heteroatoms. The molecule has 0 aliphatic rings. The summed E-state index contributed by atoms with van der Waals surface area (Å²) < 4.78 is 0. The van der Waals surface area contributed by atoms with E-state index >= 15 is 0 Å². The third kappa shape index (κ3) is 3.01. The summed E-state index contributed by atoms with van der Waals surface area (Å²) in [4.78, 5) is 18.5. The molecule has 4 nitrogen and oxygen atoms in total. The summed E-state index contributed by atoms with van der Waals surface area (Å²) >= 11 is 0. The molecular weight excluding hydrogens is 214 g/mol. The molecule has 1 atom stereocenters. The molecule has 1 aromatic heterocycles. The smallest absolute Gasteiger partial charge is 0.251 e. The van der Waals surface area contributed by atoms with Crippen molar-refractivity contribution in [1.82, 2.24) is 9.97 Å². The van der Waals surface area contributed by atoms with Crippen molar-refractivity contribution in [3.05, 3.63) is 63.8 Å². The van der Waals surface area contributed by atoms with Crippen LogP contribution in [0.1, 0.15) is 30.0 Å². The number of H-pyrrole nitrogens is 1. The number of nitrogens with zero attached hydrogens (tertiary/aromatic N) is 1. The lowest BCUT2D eigenvalue weighted by molar-refractivity contribution is 0.753. The molecular formula is C13H15N3O. The van der Waals surface area contributed by atoms with Gasteiger partial charge in [-0.1, -0.05) is 30.3 Å². The minimum atomic E-state index is -0.230. The number of benzene rings is 1. The zero-order valence-electron chi connectivity index (χ0n) is 9.68. The fourth-order valence-corrected chi connectivity index (χ4v) is 1.63. The Balaban J connectivity index is 2.30. The van der Waals surface area contributed by atoms with E-state index in [9.17, 15) is 4.79 Å². The summed E-state index contributed by atoms with van der Waals surface area (Å²) in [5.41, 5.74) is 7.31. The Morgan fingerprint density at radius 1 is 1.35 bits per heavy atom. The molecule has 0 aliphatic carbocycles. The van der Waals surface area contributed by atoms with Gasteiger partial charge in [-0.2, -0.15) is 0 Å². The minimum absolute atomic E-state index is 0.154. The summed E-state index contributed by atoms with van der Waals surface area (Å²) in [5.74, 6) is 0.649. The van der Waals surface area contributed by atoms with Gasteiger partial charge < -0.3 is 10.7 Å². The van der Waals surface area contributed by atoms with Crippen LogP contribution in [0.4, 0.5) is 0 Å². The van der Waals surface area contributed by atoms with Crippen LogP contribution < -0.4 is 11.3 Å². The predicted molar refractivity (Wildman–Crippen MR) is 66.7 cm³/mol. The number of hydrogen-bond acceptors (Lipinski definition) is 3. The van der Waals surface area contributed by atoms with Crippen LogP contribution in [0.3, 0.4) is 0 Å². The normalized spacial score (nSPS) is 12.4. The van der Waals surface area contributed by atoms with E-state index in [0.29, 0.717) is 17.9 Å². The Bertz CT molecular complexity index is 546. The van der Waals surface area contributed by atoms with Gasteiger partial charge >= 0.3 is 0 Å². The van der Waals surface area contributed by atoms with E-state index in [-0.39, 0.29) is 11.6 Å². The molecule has 2 rings (SSSR count). The molecule has 0 fully saturated rings. The van der Waals surface area contributed by atoms with Crippen molar-refractivity contribution in [2.45, 2.75) is 19.4 Å². The Kier molecular flexibility index (Phi) is 3.35. The zero-order valence-corrected chi connectivity index (χ0v) is 9.68. The molecule has 3 N–H and O–H groups in total. The number of nitrogens with one attached hydrogen (secondary N) is 1. The third-order valence-electron chi connectivity index (χ3n) is 2.49. The van der Waals surface area contributed by atoms with Gasteiger partial charge in [-0.3, -0.25) is 4.79 Å². The second-order valence-corrected chi connectivity index (χ2v) is 4.07. The van der Waals surface area contributed by atoms with E-state index in [1.165, 1.54) is 6.07 Å². The molecule has 0 saturated heterocycles. The van der Waals surface area contributed by atoms with E-state index in [2.05, 4.69) is 9.97 Å². The summed E-state index contributed by atoms with van der Waals surface area (Å²) in [7, 11) is 0. The fraction of sp³-hybridized carbons (Fsp3) is 0.231. The van der Waals surface area contributed by atoms with Gasteiger partial charge in [0.25, 0.3) is 5.56 Å². The first-order valence-electron chi connectivity index (χ1n) is 5.55. The molecule has 0 aliphatic heterocycles. The Labute approximate surface area is 99.5 Å². The van der Waals surface area contributed by atoms with Crippen LogP contribution in [0.2, 0.25) is 0 Å². The van der Waals surface area contributed by atoms with Crippen molar-refractivity contribution in [2.75, 3.05) is 0 Å². The van der Waals surface area contributed by atoms with Crippen molar-refractivity contribution >= 4 is 0 Å². The van der Waals surface area contributed by atoms with Crippen LogP contribution >= 0.6 is 0 Å². The molecule has 88 valence electrons. The summed E-state index contributed by atoms with van der Waals surface area (Å²) in [6.45, 7) is 1.81. The molecule has 0 saturated carbocycles. The molecule has 1 heterocycles. The van der Waals surface area contributed by atoms with Crippen LogP contribution in [0.5, 0.6) is 0 Å². The first-order valence-corrected chi connectivity index (χ1v) is 5.55. The van der Waals surface area contributed by atoms with Crippen molar-refractivity contribution in [2.24, 2.45) is 5.73 Å². The van der Waals surface area contributed by atoms with Gasteiger partial charge in [0.05, 0.1) is 5.69 Å². The van der Waals surface area contributed by atoms with E-state index in [1.807, 2.05) is 37.3 Å². The maximum Gasteiger partial charge on any atom is 0.251 e.